The summed E-state index contributed by atoms with van der Waals surface area (Å²) in [5.41, 5.74) is -1.45. The first-order valence-electron chi connectivity index (χ1n) is 5.72. The van der Waals surface area contributed by atoms with Crippen LogP contribution in [0.1, 0.15) is 31.2 Å². The fourth-order valence-electron chi connectivity index (χ4n) is 1.82. The van der Waals surface area contributed by atoms with E-state index < -0.39 is 29.2 Å². The number of carbonyl (C=O) groups is 3. The van der Waals surface area contributed by atoms with Crippen LogP contribution in [0.3, 0.4) is 0 Å². The number of rotatable bonds is 4. The van der Waals surface area contributed by atoms with Crippen LogP contribution < -0.4 is 0 Å². The summed E-state index contributed by atoms with van der Waals surface area (Å²) in [4.78, 5) is 37.2. The van der Waals surface area contributed by atoms with Gasteiger partial charge in [-0.1, -0.05) is 30.3 Å². The fourth-order valence-corrected chi connectivity index (χ4v) is 1.82. The van der Waals surface area contributed by atoms with Gasteiger partial charge in [-0.05, 0) is 6.07 Å². The van der Waals surface area contributed by atoms with Crippen LogP contribution in [0.5, 0.6) is 0 Å². The lowest BCUT2D eigenvalue weighted by Gasteiger charge is -2.09. The molecule has 0 radical (unpaired) electrons. The van der Waals surface area contributed by atoms with E-state index in [2.05, 4.69) is 4.98 Å². The predicted octanol–water partition coefficient (Wildman–Crippen LogP) is 1.84. The van der Waals surface area contributed by atoms with Crippen LogP contribution in [0.15, 0.2) is 36.4 Å². The molecule has 3 N–H and O–H groups in total. The Kier molecular flexibility index (Phi) is 3.66. The van der Waals surface area contributed by atoms with Gasteiger partial charge in [0.1, 0.15) is 0 Å². The summed E-state index contributed by atoms with van der Waals surface area (Å²) >= 11 is 0. The second-order valence-corrected chi connectivity index (χ2v) is 4.06. The van der Waals surface area contributed by atoms with E-state index in [4.69, 9.17) is 10.2 Å². The average Bonchev–Trinajstić information content (AvgIpc) is 2.46. The van der Waals surface area contributed by atoms with Crippen LogP contribution in [0, 0.1) is 0 Å². The number of hydrogen-bond acceptors (Lipinski definition) is 4. The van der Waals surface area contributed by atoms with Gasteiger partial charge in [0, 0.05) is 5.56 Å². The summed E-state index contributed by atoms with van der Waals surface area (Å²) < 4.78 is 0. The van der Waals surface area contributed by atoms with Crippen molar-refractivity contribution in [3.05, 3.63) is 53.2 Å². The largest absolute Gasteiger partial charge is 0.478 e. The molecule has 0 saturated carbocycles. The van der Waals surface area contributed by atoms with E-state index in [9.17, 15) is 19.5 Å². The Bertz CT molecular complexity index is 739. The highest BCUT2D eigenvalue weighted by atomic mass is 16.4. The molecule has 1 heterocycles. The van der Waals surface area contributed by atoms with Crippen molar-refractivity contribution in [1.29, 1.82) is 0 Å². The third-order valence-electron chi connectivity index (χ3n) is 2.73. The fraction of sp³-hybridized carbons (Fsp3) is 0. The first-order valence-corrected chi connectivity index (χ1v) is 5.72. The number of aromatic nitrogens is 1. The van der Waals surface area contributed by atoms with Gasteiger partial charge in [-0.25, -0.2) is 19.4 Å². The van der Waals surface area contributed by atoms with Crippen LogP contribution in [-0.2, 0) is 0 Å². The Morgan fingerprint density at radius 3 is 1.86 bits per heavy atom. The Balaban J connectivity index is 2.81. The zero-order chi connectivity index (χ0) is 15.6. The minimum absolute atomic E-state index is 0.0921. The number of aromatic carboxylic acids is 3. The molecule has 0 bridgehead atoms. The summed E-state index contributed by atoms with van der Waals surface area (Å²) in [6, 6.07) is 8.89. The summed E-state index contributed by atoms with van der Waals surface area (Å²) in [7, 11) is 0. The molecule has 0 aliphatic heterocycles. The van der Waals surface area contributed by atoms with E-state index in [1.54, 1.807) is 30.3 Å². The van der Waals surface area contributed by atoms with Crippen LogP contribution in [0.4, 0.5) is 0 Å². The molecule has 2 aromatic rings. The van der Waals surface area contributed by atoms with E-state index in [0.29, 0.717) is 5.56 Å². The minimum atomic E-state index is -1.55. The molecule has 0 fully saturated rings. The van der Waals surface area contributed by atoms with Crippen molar-refractivity contribution in [3.8, 4) is 11.3 Å². The third-order valence-corrected chi connectivity index (χ3v) is 2.73. The number of carboxylic acid groups (broad SMARTS) is 3. The standard InChI is InChI=1S/C14H9NO6/c16-12(17)8-6-9(13(18)19)11(14(20)21)15-10(8)7-4-2-1-3-5-7/h1-6H,(H,16,17)(H,18,19)(H,20,21). The van der Waals surface area contributed by atoms with Gasteiger partial charge in [0.2, 0.25) is 0 Å². The lowest BCUT2D eigenvalue weighted by Crippen LogP contribution is -2.15. The third kappa shape index (κ3) is 2.71. The molecule has 0 amide bonds. The lowest BCUT2D eigenvalue weighted by molar-refractivity contribution is 0.0644. The van der Waals surface area contributed by atoms with Gasteiger partial charge in [-0.3, -0.25) is 0 Å². The maximum atomic E-state index is 11.3. The van der Waals surface area contributed by atoms with Crippen LogP contribution in [0.25, 0.3) is 11.3 Å². The Morgan fingerprint density at radius 2 is 1.38 bits per heavy atom. The maximum absolute atomic E-state index is 11.3. The highest BCUT2D eigenvalue weighted by molar-refractivity contribution is 6.04. The van der Waals surface area contributed by atoms with E-state index in [0.717, 1.165) is 6.07 Å². The SMILES string of the molecule is O=C(O)c1cc(C(=O)O)c(-c2ccccc2)nc1C(=O)O. The highest BCUT2D eigenvalue weighted by Crippen LogP contribution is 2.24. The van der Waals surface area contributed by atoms with Crippen molar-refractivity contribution in [3.63, 3.8) is 0 Å². The van der Waals surface area contributed by atoms with Crippen molar-refractivity contribution in [2.45, 2.75) is 0 Å². The van der Waals surface area contributed by atoms with Gasteiger partial charge in [-0.2, -0.15) is 0 Å². The van der Waals surface area contributed by atoms with Gasteiger partial charge in [0.25, 0.3) is 0 Å². The second-order valence-electron chi connectivity index (χ2n) is 4.06. The van der Waals surface area contributed by atoms with Gasteiger partial charge in [0.15, 0.2) is 5.69 Å². The zero-order valence-corrected chi connectivity index (χ0v) is 10.5. The topological polar surface area (TPSA) is 125 Å². The van der Waals surface area contributed by atoms with E-state index in [1.165, 1.54) is 0 Å². The van der Waals surface area contributed by atoms with Crippen molar-refractivity contribution in [2.75, 3.05) is 0 Å². The normalized spacial score (nSPS) is 10.1. The molecule has 2 rings (SSSR count). The molecule has 106 valence electrons. The van der Waals surface area contributed by atoms with Gasteiger partial charge in [-0.15, -0.1) is 0 Å². The molecular formula is C14H9NO6. The number of nitrogens with zero attached hydrogens (tertiary/aromatic N) is 1. The summed E-state index contributed by atoms with van der Waals surface area (Å²) in [6.07, 6.45) is 0. The molecular weight excluding hydrogens is 278 g/mol. The molecule has 0 aliphatic carbocycles. The molecule has 0 unspecified atom stereocenters. The van der Waals surface area contributed by atoms with Gasteiger partial charge in [0.05, 0.1) is 16.8 Å². The predicted molar refractivity (Wildman–Crippen MR) is 70.6 cm³/mol. The summed E-state index contributed by atoms with van der Waals surface area (Å²) in [6.45, 7) is 0. The maximum Gasteiger partial charge on any atom is 0.355 e. The molecule has 7 nitrogen and oxygen atoms in total. The van der Waals surface area contributed by atoms with Crippen molar-refractivity contribution < 1.29 is 29.7 Å². The molecule has 0 spiro atoms. The molecule has 1 aromatic heterocycles. The number of pyridine rings is 1. The monoisotopic (exact) mass is 287 g/mol. The smallest absolute Gasteiger partial charge is 0.355 e. The Morgan fingerprint density at radius 1 is 0.810 bits per heavy atom. The quantitative estimate of drug-likeness (QED) is 0.783. The van der Waals surface area contributed by atoms with E-state index in [1.807, 2.05) is 0 Å². The molecule has 21 heavy (non-hydrogen) atoms. The number of carboxylic acids is 3. The average molecular weight is 287 g/mol. The Hall–Kier alpha value is -3.22. The molecule has 0 aliphatic rings. The van der Waals surface area contributed by atoms with E-state index >= 15 is 0 Å². The molecule has 7 heteroatoms. The van der Waals surface area contributed by atoms with Crippen LogP contribution >= 0.6 is 0 Å². The van der Waals surface area contributed by atoms with Gasteiger partial charge >= 0.3 is 17.9 Å². The Labute approximate surface area is 118 Å². The van der Waals surface area contributed by atoms with Crippen molar-refractivity contribution in [2.24, 2.45) is 0 Å². The number of benzene rings is 1. The molecule has 0 saturated heterocycles. The lowest BCUT2D eigenvalue weighted by atomic mass is 10.0. The highest BCUT2D eigenvalue weighted by Gasteiger charge is 2.24. The minimum Gasteiger partial charge on any atom is -0.478 e. The van der Waals surface area contributed by atoms with Crippen LogP contribution in [0.2, 0.25) is 0 Å². The number of hydrogen-bond donors (Lipinski definition) is 3. The van der Waals surface area contributed by atoms with Crippen LogP contribution in [-0.4, -0.2) is 38.2 Å². The van der Waals surface area contributed by atoms with Crippen molar-refractivity contribution >= 4 is 17.9 Å². The first-order chi connectivity index (χ1) is 9.91. The summed E-state index contributed by atoms with van der Waals surface area (Å²) in [5, 5.41) is 27.2. The molecule has 0 atom stereocenters. The van der Waals surface area contributed by atoms with E-state index in [-0.39, 0.29) is 11.3 Å². The van der Waals surface area contributed by atoms with Crippen molar-refractivity contribution in [1.82, 2.24) is 4.98 Å². The summed E-state index contributed by atoms with van der Waals surface area (Å²) in [5.74, 6) is -4.48. The molecule has 1 aromatic carbocycles. The second kappa shape index (κ2) is 5.41. The zero-order valence-electron chi connectivity index (χ0n) is 10.5. The first kappa shape index (κ1) is 14.2. The van der Waals surface area contributed by atoms with Gasteiger partial charge < -0.3 is 15.3 Å².